The van der Waals surface area contributed by atoms with E-state index in [4.69, 9.17) is 0 Å². The molecule has 1 heterocycles. The number of hydrogen-bond donors (Lipinski definition) is 1. The second-order valence-electron chi connectivity index (χ2n) is 6.52. The molecule has 3 aliphatic carbocycles. The van der Waals surface area contributed by atoms with Crippen molar-refractivity contribution in [2.75, 3.05) is 0 Å². The maximum atomic E-state index is 3.78. The zero-order chi connectivity index (χ0) is 12.0. The van der Waals surface area contributed by atoms with Crippen molar-refractivity contribution in [1.29, 1.82) is 0 Å². The topological polar surface area (TPSA) is 12.0 Å². The van der Waals surface area contributed by atoms with Gasteiger partial charge >= 0.3 is 0 Å². The summed E-state index contributed by atoms with van der Waals surface area (Å²) in [5.74, 6) is 2.75. The van der Waals surface area contributed by atoms with Gasteiger partial charge in [0.25, 0.3) is 0 Å². The molecule has 94 valence electrons. The molecule has 2 bridgehead atoms. The Morgan fingerprint density at radius 2 is 2.24 bits per heavy atom. The number of fused-ring (bicyclic) bond motifs is 2. The van der Waals surface area contributed by atoms with Crippen molar-refractivity contribution < 1.29 is 0 Å². The molecule has 3 aliphatic rings. The molecule has 17 heavy (non-hydrogen) atoms. The fourth-order valence-corrected chi connectivity index (χ4v) is 4.72. The summed E-state index contributed by atoms with van der Waals surface area (Å²) in [5.41, 5.74) is 0.612. The van der Waals surface area contributed by atoms with Gasteiger partial charge in [0.15, 0.2) is 0 Å². The Morgan fingerprint density at radius 3 is 2.82 bits per heavy atom. The summed E-state index contributed by atoms with van der Waals surface area (Å²) in [6.07, 6.45) is 2.86. The van der Waals surface area contributed by atoms with Crippen LogP contribution in [0, 0.1) is 23.2 Å². The third-order valence-electron chi connectivity index (χ3n) is 5.47. The fraction of sp³-hybridized carbons (Fsp3) is 0.733. The highest BCUT2D eigenvalue weighted by Gasteiger charge is 2.55. The van der Waals surface area contributed by atoms with E-state index in [0.29, 0.717) is 5.41 Å². The fourth-order valence-electron chi connectivity index (χ4n) is 4.06. The standard InChI is InChI=1S/C15H23NS/c1-10-13-7-11(15(13,2)3)8-14(10)16-9-12-5-4-6-17-12/h4-6,10-11,13-14,16H,7-9H2,1-3H3/t10-,11-,13+,14-/m1/s1. The van der Waals surface area contributed by atoms with Gasteiger partial charge in [0.05, 0.1) is 0 Å². The van der Waals surface area contributed by atoms with Crippen LogP contribution in [0.1, 0.15) is 38.5 Å². The largest absolute Gasteiger partial charge is 0.309 e. The Hall–Kier alpha value is -0.340. The minimum absolute atomic E-state index is 0.612. The van der Waals surface area contributed by atoms with E-state index in [-0.39, 0.29) is 0 Å². The predicted molar refractivity (Wildman–Crippen MR) is 74.1 cm³/mol. The number of thiophene rings is 1. The Bertz CT molecular complexity index is 382. The van der Waals surface area contributed by atoms with Crippen molar-refractivity contribution in [3.8, 4) is 0 Å². The lowest BCUT2D eigenvalue weighted by Gasteiger charge is -2.62. The van der Waals surface area contributed by atoms with E-state index in [2.05, 4.69) is 43.6 Å². The second-order valence-corrected chi connectivity index (χ2v) is 7.55. The number of nitrogens with one attached hydrogen (secondary N) is 1. The molecule has 4 rings (SSSR count). The molecule has 3 saturated carbocycles. The SMILES string of the molecule is C[C@H]1[C@H](NCc2cccs2)C[C@H]2C[C@@H]1C2(C)C. The van der Waals surface area contributed by atoms with Gasteiger partial charge in [0.2, 0.25) is 0 Å². The van der Waals surface area contributed by atoms with Gasteiger partial charge in [-0.05, 0) is 47.5 Å². The summed E-state index contributed by atoms with van der Waals surface area (Å²) in [4.78, 5) is 1.47. The van der Waals surface area contributed by atoms with Gasteiger partial charge in [0.1, 0.15) is 0 Å². The van der Waals surface area contributed by atoms with Crippen molar-refractivity contribution >= 4 is 11.3 Å². The lowest BCUT2D eigenvalue weighted by molar-refractivity contribution is -0.115. The molecule has 2 heteroatoms. The first-order valence-electron chi connectivity index (χ1n) is 6.85. The van der Waals surface area contributed by atoms with Crippen LogP contribution in [0.15, 0.2) is 17.5 Å². The molecule has 0 unspecified atom stereocenters. The highest BCUT2D eigenvalue weighted by Crippen LogP contribution is 2.61. The van der Waals surface area contributed by atoms with Crippen molar-refractivity contribution in [3.63, 3.8) is 0 Å². The monoisotopic (exact) mass is 249 g/mol. The first-order valence-corrected chi connectivity index (χ1v) is 7.72. The molecule has 1 aromatic rings. The smallest absolute Gasteiger partial charge is 0.0302 e. The Morgan fingerprint density at radius 1 is 1.41 bits per heavy atom. The third-order valence-corrected chi connectivity index (χ3v) is 6.35. The predicted octanol–water partition coefficient (Wildman–Crippen LogP) is 3.91. The molecule has 1 N–H and O–H groups in total. The van der Waals surface area contributed by atoms with Crippen LogP contribution in [0.25, 0.3) is 0 Å². The van der Waals surface area contributed by atoms with Gasteiger partial charge in [-0.1, -0.05) is 26.8 Å². The van der Waals surface area contributed by atoms with Gasteiger partial charge in [-0.25, -0.2) is 0 Å². The Balaban J connectivity index is 1.60. The second kappa shape index (κ2) is 4.10. The van der Waals surface area contributed by atoms with Crippen LogP contribution < -0.4 is 5.32 Å². The average molecular weight is 249 g/mol. The van der Waals surface area contributed by atoms with Crippen LogP contribution in [-0.4, -0.2) is 6.04 Å². The van der Waals surface area contributed by atoms with E-state index < -0.39 is 0 Å². The molecule has 3 fully saturated rings. The highest BCUT2D eigenvalue weighted by atomic mass is 32.1. The summed E-state index contributed by atoms with van der Waals surface area (Å²) in [6.45, 7) is 8.45. The molecule has 0 radical (unpaired) electrons. The molecule has 1 aromatic heterocycles. The van der Waals surface area contributed by atoms with Gasteiger partial charge in [-0.15, -0.1) is 11.3 Å². The Labute approximate surface area is 109 Å². The van der Waals surface area contributed by atoms with Crippen LogP contribution in [0.5, 0.6) is 0 Å². The highest BCUT2D eigenvalue weighted by molar-refractivity contribution is 7.09. The Kier molecular flexibility index (Phi) is 2.83. The summed E-state index contributed by atoms with van der Waals surface area (Å²) in [7, 11) is 0. The lowest BCUT2D eigenvalue weighted by Crippen LogP contribution is -2.59. The summed E-state index contributed by atoms with van der Waals surface area (Å²) in [6, 6.07) is 5.12. The van der Waals surface area contributed by atoms with Gasteiger partial charge < -0.3 is 5.32 Å². The van der Waals surface area contributed by atoms with Gasteiger partial charge in [0, 0.05) is 17.5 Å². The van der Waals surface area contributed by atoms with E-state index in [9.17, 15) is 0 Å². The van der Waals surface area contributed by atoms with Crippen molar-refractivity contribution in [2.45, 2.75) is 46.2 Å². The molecule has 0 amide bonds. The minimum Gasteiger partial charge on any atom is -0.309 e. The maximum absolute atomic E-state index is 3.78. The summed E-state index contributed by atoms with van der Waals surface area (Å²) >= 11 is 1.86. The lowest BCUT2D eigenvalue weighted by atomic mass is 9.45. The first-order chi connectivity index (χ1) is 8.09. The molecular formula is C15H23NS. The van der Waals surface area contributed by atoms with E-state index in [1.807, 2.05) is 11.3 Å². The van der Waals surface area contributed by atoms with Crippen molar-refractivity contribution in [2.24, 2.45) is 23.2 Å². The molecule has 4 atom stereocenters. The normalized spacial score (nSPS) is 38.8. The van der Waals surface area contributed by atoms with Crippen molar-refractivity contribution in [1.82, 2.24) is 5.32 Å². The van der Waals surface area contributed by atoms with E-state index >= 15 is 0 Å². The van der Waals surface area contributed by atoms with Crippen LogP contribution in [0.4, 0.5) is 0 Å². The van der Waals surface area contributed by atoms with Crippen LogP contribution >= 0.6 is 11.3 Å². The summed E-state index contributed by atoms with van der Waals surface area (Å²) in [5, 5.41) is 5.95. The average Bonchev–Trinajstić information content (AvgIpc) is 2.79. The zero-order valence-corrected chi connectivity index (χ0v) is 11.9. The summed E-state index contributed by atoms with van der Waals surface area (Å²) < 4.78 is 0. The van der Waals surface area contributed by atoms with Gasteiger partial charge in [-0.2, -0.15) is 0 Å². The maximum Gasteiger partial charge on any atom is 0.0302 e. The molecule has 1 nitrogen and oxygen atoms in total. The number of rotatable bonds is 3. The van der Waals surface area contributed by atoms with E-state index in [1.54, 1.807) is 0 Å². The van der Waals surface area contributed by atoms with Gasteiger partial charge in [-0.3, -0.25) is 0 Å². The third kappa shape index (κ3) is 1.86. The van der Waals surface area contributed by atoms with Crippen molar-refractivity contribution in [3.05, 3.63) is 22.4 Å². The van der Waals surface area contributed by atoms with Crippen LogP contribution in [0.2, 0.25) is 0 Å². The quantitative estimate of drug-likeness (QED) is 0.856. The zero-order valence-electron chi connectivity index (χ0n) is 11.1. The molecular weight excluding hydrogens is 226 g/mol. The molecule has 0 aliphatic heterocycles. The van der Waals surface area contributed by atoms with Crippen LogP contribution in [-0.2, 0) is 6.54 Å². The molecule has 0 saturated heterocycles. The van der Waals surface area contributed by atoms with Crippen LogP contribution in [0.3, 0.4) is 0 Å². The first kappa shape index (κ1) is 11.7. The van der Waals surface area contributed by atoms with E-state index in [0.717, 1.165) is 30.3 Å². The molecule has 0 spiro atoms. The number of hydrogen-bond acceptors (Lipinski definition) is 2. The van der Waals surface area contributed by atoms with E-state index in [1.165, 1.54) is 17.7 Å². The molecule has 0 aromatic carbocycles. The minimum atomic E-state index is 0.612.